The molecule has 0 bridgehead atoms. The van der Waals surface area contributed by atoms with Crippen LogP contribution in [0.15, 0.2) is 30.3 Å². The van der Waals surface area contributed by atoms with Gasteiger partial charge in [-0.15, -0.1) is 0 Å². The molecule has 1 aliphatic rings. The Balaban J connectivity index is 1.60. The van der Waals surface area contributed by atoms with Crippen molar-refractivity contribution in [2.75, 3.05) is 19.7 Å². The first-order valence-electron chi connectivity index (χ1n) is 9.04. The Morgan fingerprint density at radius 1 is 1.36 bits per heavy atom. The van der Waals surface area contributed by atoms with Crippen LogP contribution in [0.25, 0.3) is 0 Å². The van der Waals surface area contributed by atoms with Crippen LogP contribution in [-0.2, 0) is 4.79 Å². The Bertz CT molecular complexity index is 691. The van der Waals surface area contributed by atoms with Crippen molar-refractivity contribution in [3.05, 3.63) is 47.3 Å². The Morgan fingerprint density at radius 3 is 2.80 bits per heavy atom. The average molecular weight is 341 g/mol. The summed E-state index contributed by atoms with van der Waals surface area (Å²) in [5, 5.41) is 7.21. The molecule has 1 fully saturated rings. The molecule has 2 aromatic rings. The number of ether oxygens (including phenoxy) is 1. The molecule has 3 rings (SSSR count). The number of amides is 1. The minimum absolute atomic E-state index is 0.160. The SMILES string of the molecule is Cc1n[nH]c(C)c1C(C)C(=O)N1CCCC(COc2ccccc2)C1. The molecular formula is C20H27N3O2. The van der Waals surface area contributed by atoms with Crippen molar-refractivity contribution in [1.82, 2.24) is 15.1 Å². The van der Waals surface area contributed by atoms with Gasteiger partial charge < -0.3 is 9.64 Å². The van der Waals surface area contributed by atoms with E-state index in [1.165, 1.54) is 0 Å². The summed E-state index contributed by atoms with van der Waals surface area (Å²) in [6.45, 7) is 8.18. The molecule has 1 aliphatic heterocycles. The summed E-state index contributed by atoms with van der Waals surface area (Å²) in [4.78, 5) is 15.0. The number of para-hydroxylation sites is 1. The summed E-state index contributed by atoms with van der Waals surface area (Å²) in [5.41, 5.74) is 2.94. The van der Waals surface area contributed by atoms with Crippen LogP contribution in [0.5, 0.6) is 5.75 Å². The normalized spacial score (nSPS) is 18.8. The molecule has 0 spiro atoms. The van der Waals surface area contributed by atoms with Crippen LogP contribution in [0.2, 0.25) is 0 Å². The fraction of sp³-hybridized carbons (Fsp3) is 0.500. The fourth-order valence-corrected chi connectivity index (χ4v) is 3.73. The number of likely N-dealkylation sites (tertiary alicyclic amines) is 1. The van der Waals surface area contributed by atoms with E-state index < -0.39 is 0 Å². The van der Waals surface area contributed by atoms with Gasteiger partial charge in [-0.2, -0.15) is 5.10 Å². The lowest BCUT2D eigenvalue weighted by atomic mass is 9.94. The van der Waals surface area contributed by atoms with E-state index in [0.717, 1.165) is 48.6 Å². The van der Waals surface area contributed by atoms with Gasteiger partial charge in [0.1, 0.15) is 5.75 Å². The standard InChI is InChI=1S/C20H27N3O2/c1-14(19-15(2)21-22-16(19)3)20(24)23-11-7-8-17(12-23)13-25-18-9-5-4-6-10-18/h4-6,9-10,14,17H,7-8,11-13H2,1-3H3,(H,21,22). The number of hydrogen-bond donors (Lipinski definition) is 1. The van der Waals surface area contributed by atoms with E-state index in [9.17, 15) is 4.79 Å². The number of aromatic amines is 1. The summed E-state index contributed by atoms with van der Waals surface area (Å²) in [5.74, 6) is 1.31. The summed E-state index contributed by atoms with van der Waals surface area (Å²) in [6, 6.07) is 9.87. The molecule has 1 aromatic heterocycles. The first kappa shape index (κ1) is 17.5. The number of hydrogen-bond acceptors (Lipinski definition) is 3. The highest BCUT2D eigenvalue weighted by atomic mass is 16.5. The number of nitrogens with zero attached hydrogens (tertiary/aromatic N) is 2. The number of carbonyl (C=O) groups is 1. The molecular weight excluding hydrogens is 314 g/mol. The lowest BCUT2D eigenvalue weighted by Gasteiger charge is -2.34. The van der Waals surface area contributed by atoms with Crippen molar-refractivity contribution in [2.45, 2.75) is 39.5 Å². The molecule has 1 aromatic carbocycles. The highest BCUT2D eigenvalue weighted by Crippen LogP contribution is 2.26. The number of aryl methyl sites for hydroxylation is 2. The molecule has 1 N–H and O–H groups in total. The van der Waals surface area contributed by atoms with E-state index in [1.807, 2.05) is 56.0 Å². The van der Waals surface area contributed by atoms with Gasteiger partial charge in [0.15, 0.2) is 0 Å². The number of piperidine rings is 1. The third-order valence-electron chi connectivity index (χ3n) is 5.05. The van der Waals surface area contributed by atoms with Crippen LogP contribution in [0.4, 0.5) is 0 Å². The number of rotatable bonds is 5. The maximum Gasteiger partial charge on any atom is 0.229 e. The molecule has 5 heteroatoms. The van der Waals surface area contributed by atoms with Crippen molar-refractivity contribution >= 4 is 5.91 Å². The number of carbonyl (C=O) groups excluding carboxylic acids is 1. The van der Waals surface area contributed by atoms with Gasteiger partial charge in [-0.25, -0.2) is 0 Å². The van der Waals surface area contributed by atoms with Gasteiger partial charge in [0.2, 0.25) is 5.91 Å². The zero-order valence-electron chi connectivity index (χ0n) is 15.3. The van der Waals surface area contributed by atoms with Gasteiger partial charge in [-0.05, 0) is 45.7 Å². The molecule has 0 saturated carbocycles. The van der Waals surface area contributed by atoms with E-state index in [2.05, 4.69) is 10.2 Å². The zero-order chi connectivity index (χ0) is 17.8. The van der Waals surface area contributed by atoms with E-state index in [-0.39, 0.29) is 11.8 Å². The second-order valence-corrected chi connectivity index (χ2v) is 6.99. The second-order valence-electron chi connectivity index (χ2n) is 6.99. The molecule has 134 valence electrons. The van der Waals surface area contributed by atoms with Crippen molar-refractivity contribution in [1.29, 1.82) is 0 Å². The quantitative estimate of drug-likeness (QED) is 0.906. The number of benzene rings is 1. The van der Waals surface area contributed by atoms with Crippen LogP contribution >= 0.6 is 0 Å². The highest BCUT2D eigenvalue weighted by Gasteiger charge is 2.30. The molecule has 25 heavy (non-hydrogen) atoms. The molecule has 0 aliphatic carbocycles. The minimum Gasteiger partial charge on any atom is -0.493 e. The van der Waals surface area contributed by atoms with E-state index >= 15 is 0 Å². The van der Waals surface area contributed by atoms with Crippen LogP contribution in [0, 0.1) is 19.8 Å². The summed E-state index contributed by atoms with van der Waals surface area (Å²) >= 11 is 0. The van der Waals surface area contributed by atoms with Gasteiger partial charge in [-0.1, -0.05) is 18.2 Å². The number of H-pyrrole nitrogens is 1. The Morgan fingerprint density at radius 2 is 2.12 bits per heavy atom. The van der Waals surface area contributed by atoms with Gasteiger partial charge in [0.05, 0.1) is 18.2 Å². The molecule has 0 radical (unpaired) electrons. The third kappa shape index (κ3) is 4.03. The lowest BCUT2D eigenvalue weighted by molar-refractivity contribution is -0.134. The van der Waals surface area contributed by atoms with Crippen molar-refractivity contribution in [3.8, 4) is 5.75 Å². The molecule has 2 heterocycles. The monoisotopic (exact) mass is 341 g/mol. The largest absolute Gasteiger partial charge is 0.493 e. The van der Waals surface area contributed by atoms with Crippen LogP contribution in [-0.4, -0.2) is 40.7 Å². The van der Waals surface area contributed by atoms with Crippen molar-refractivity contribution in [3.63, 3.8) is 0 Å². The number of nitrogens with one attached hydrogen (secondary N) is 1. The maximum atomic E-state index is 13.0. The molecule has 1 saturated heterocycles. The predicted octanol–water partition coefficient (Wildman–Crippen LogP) is 3.45. The van der Waals surface area contributed by atoms with E-state index in [0.29, 0.717) is 12.5 Å². The van der Waals surface area contributed by atoms with Crippen LogP contribution < -0.4 is 4.74 Å². The first-order valence-corrected chi connectivity index (χ1v) is 9.04. The first-order chi connectivity index (χ1) is 12.1. The minimum atomic E-state index is -0.160. The summed E-state index contributed by atoms with van der Waals surface area (Å²) in [6.07, 6.45) is 2.14. The molecule has 2 atom stereocenters. The van der Waals surface area contributed by atoms with Gasteiger partial charge >= 0.3 is 0 Å². The van der Waals surface area contributed by atoms with E-state index in [1.54, 1.807) is 0 Å². The smallest absolute Gasteiger partial charge is 0.229 e. The third-order valence-corrected chi connectivity index (χ3v) is 5.05. The predicted molar refractivity (Wildman–Crippen MR) is 97.7 cm³/mol. The molecule has 1 amide bonds. The van der Waals surface area contributed by atoms with Gasteiger partial charge in [-0.3, -0.25) is 9.89 Å². The van der Waals surface area contributed by atoms with E-state index in [4.69, 9.17) is 4.74 Å². The Hall–Kier alpha value is -2.30. The highest BCUT2D eigenvalue weighted by molar-refractivity contribution is 5.84. The molecule has 2 unspecified atom stereocenters. The van der Waals surface area contributed by atoms with Gasteiger partial charge in [0, 0.05) is 30.3 Å². The Kier molecular flexibility index (Phi) is 5.41. The molecule has 5 nitrogen and oxygen atoms in total. The topological polar surface area (TPSA) is 58.2 Å². The van der Waals surface area contributed by atoms with Crippen LogP contribution in [0.3, 0.4) is 0 Å². The summed E-state index contributed by atoms with van der Waals surface area (Å²) in [7, 11) is 0. The Labute approximate surface area is 149 Å². The van der Waals surface area contributed by atoms with Crippen molar-refractivity contribution in [2.24, 2.45) is 5.92 Å². The lowest BCUT2D eigenvalue weighted by Crippen LogP contribution is -2.43. The zero-order valence-corrected chi connectivity index (χ0v) is 15.3. The number of aromatic nitrogens is 2. The summed E-state index contributed by atoms with van der Waals surface area (Å²) < 4.78 is 5.89. The van der Waals surface area contributed by atoms with Crippen molar-refractivity contribution < 1.29 is 9.53 Å². The average Bonchev–Trinajstić information content (AvgIpc) is 2.98. The second kappa shape index (κ2) is 7.72. The van der Waals surface area contributed by atoms with Gasteiger partial charge in [0.25, 0.3) is 0 Å². The maximum absolute atomic E-state index is 13.0. The fourth-order valence-electron chi connectivity index (χ4n) is 3.73. The van der Waals surface area contributed by atoms with Crippen LogP contribution in [0.1, 0.15) is 42.6 Å².